The van der Waals surface area contributed by atoms with Gasteiger partial charge in [-0.1, -0.05) is 19.8 Å². The van der Waals surface area contributed by atoms with Crippen molar-refractivity contribution in [3.8, 4) is 0 Å². The highest BCUT2D eigenvalue weighted by atomic mass is 16.6. The predicted molar refractivity (Wildman–Crippen MR) is 67.3 cm³/mol. The van der Waals surface area contributed by atoms with E-state index in [4.69, 9.17) is 0 Å². The lowest BCUT2D eigenvalue weighted by Crippen LogP contribution is -2.09. The fraction of sp³-hybridized carbons (Fsp3) is 0.727. The van der Waals surface area contributed by atoms with E-state index in [1.54, 1.807) is 11.6 Å². The molecule has 96 valence electrons. The van der Waals surface area contributed by atoms with Gasteiger partial charge in [0.15, 0.2) is 0 Å². The van der Waals surface area contributed by atoms with Crippen LogP contribution in [0.1, 0.15) is 38.8 Å². The van der Waals surface area contributed by atoms with E-state index in [1.807, 2.05) is 6.92 Å². The highest BCUT2D eigenvalue weighted by Crippen LogP contribution is 2.27. The summed E-state index contributed by atoms with van der Waals surface area (Å²) < 4.78 is 1.65. The van der Waals surface area contributed by atoms with Gasteiger partial charge in [-0.3, -0.25) is 10.1 Å². The molecule has 0 aliphatic heterocycles. The van der Waals surface area contributed by atoms with Crippen molar-refractivity contribution in [1.82, 2.24) is 9.78 Å². The molecule has 0 spiro atoms. The third kappa shape index (κ3) is 3.18. The Morgan fingerprint density at radius 2 is 2.12 bits per heavy atom. The summed E-state index contributed by atoms with van der Waals surface area (Å²) in [6.07, 6.45) is 3.28. The molecule has 0 fully saturated rings. The molecule has 6 heteroatoms. The zero-order chi connectivity index (χ0) is 12.8. The first-order valence-electron chi connectivity index (χ1n) is 6.07. The summed E-state index contributed by atoms with van der Waals surface area (Å²) in [5, 5.41) is 18.3. The second-order valence-electron chi connectivity index (χ2n) is 3.99. The van der Waals surface area contributed by atoms with Gasteiger partial charge < -0.3 is 5.32 Å². The molecular weight excluding hydrogens is 220 g/mol. The van der Waals surface area contributed by atoms with Crippen molar-refractivity contribution < 1.29 is 4.92 Å². The van der Waals surface area contributed by atoms with Crippen LogP contribution in [0.25, 0.3) is 0 Å². The maximum absolute atomic E-state index is 11.0. The Morgan fingerprint density at radius 3 is 2.65 bits per heavy atom. The number of nitro groups is 1. The Labute approximate surface area is 101 Å². The number of aromatic nitrogens is 2. The van der Waals surface area contributed by atoms with Gasteiger partial charge in [-0.25, -0.2) is 4.68 Å². The van der Waals surface area contributed by atoms with Crippen LogP contribution in [0.5, 0.6) is 0 Å². The number of hydrogen-bond acceptors (Lipinski definition) is 4. The fourth-order valence-electron chi connectivity index (χ4n) is 1.78. The van der Waals surface area contributed by atoms with Gasteiger partial charge in [0, 0.05) is 13.1 Å². The highest BCUT2D eigenvalue weighted by molar-refractivity contribution is 5.59. The Kier molecular flexibility index (Phi) is 4.93. The molecule has 0 aromatic carbocycles. The van der Waals surface area contributed by atoms with Crippen molar-refractivity contribution >= 4 is 11.5 Å². The number of nitrogens with zero attached hydrogens (tertiary/aromatic N) is 3. The van der Waals surface area contributed by atoms with E-state index in [2.05, 4.69) is 17.3 Å². The second-order valence-corrected chi connectivity index (χ2v) is 3.99. The van der Waals surface area contributed by atoms with Gasteiger partial charge in [-0.2, -0.15) is 5.10 Å². The summed E-state index contributed by atoms with van der Waals surface area (Å²) in [6, 6.07) is 0. The molecule has 0 radical (unpaired) electrons. The third-order valence-corrected chi connectivity index (χ3v) is 2.65. The van der Waals surface area contributed by atoms with Crippen LogP contribution in [-0.2, 0) is 6.54 Å². The Bertz CT molecular complexity index is 387. The van der Waals surface area contributed by atoms with Crippen LogP contribution in [0.3, 0.4) is 0 Å². The van der Waals surface area contributed by atoms with E-state index in [0.29, 0.717) is 18.1 Å². The lowest BCUT2D eigenvalue weighted by atomic mass is 10.2. The molecule has 1 heterocycles. The summed E-state index contributed by atoms with van der Waals surface area (Å²) in [7, 11) is 0. The molecule has 0 aliphatic rings. The number of unbranched alkanes of at least 4 members (excludes halogenated alkanes) is 2. The van der Waals surface area contributed by atoms with Crippen LogP contribution in [0, 0.1) is 17.0 Å². The first-order chi connectivity index (χ1) is 8.11. The van der Waals surface area contributed by atoms with Gasteiger partial charge in [-0.05, 0) is 20.3 Å². The fourth-order valence-corrected chi connectivity index (χ4v) is 1.78. The molecule has 0 bridgehead atoms. The van der Waals surface area contributed by atoms with Crippen LogP contribution in [-0.4, -0.2) is 21.2 Å². The lowest BCUT2D eigenvalue weighted by Gasteiger charge is -2.06. The van der Waals surface area contributed by atoms with E-state index < -0.39 is 0 Å². The molecule has 0 amide bonds. The minimum Gasteiger partial charge on any atom is -0.365 e. The Balaban J connectivity index is 2.83. The highest BCUT2D eigenvalue weighted by Gasteiger charge is 2.24. The Hall–Kier alpha value is -1.59. The van der Waals surface area contributed by atoms with E-state index in [-0.39, 0.29) is 10.6 Å². The van der Waals surface area contributed by atoms with E-state index in [1.165, 1.54) is 0 Å². The molecule has 17 heavy (non-hydrogen) atoms. The van der Waals surface area contributed by atoms with E-state index >= 15 is 0 Å². The second kappa shape index (κ2) is 6.22. The topological polar surface area (TPSA) is 73.0 Å². The SMILES string of the molecule is CCCCCNc1c([N+](=O)[O-])c(C)nn1CC. The monoisotopic (exact) mass is 240 g/mol. The number of nitrogens with one attached hydrogen (secondary N) is 1. The molecule has 1 rings (SSSR count). The molecule has 1 N–H and O–H groups in total. The number of anilines is 1. The largest absolute Gasteiger partial charge is 0.365 e. The summed E-state index contributed by atoms with van der Waals surface area (Å²) in [6.45, 7) is 7.10. The summed E-state index contributed by atoms with van der Waals surface area (Å²) in [5.74, 6) is 0.533. The van der Waals surface area contributed by atoms with Crippen molar-refractivity contribution in [2.24, 2.45) is 0 Å². The van der Waals surface area contributed by atoms with Crippen LogP contribution >= 0.6 is 0 Å². The van der Waals surface area contributed by atoms with Crippen molar-refractivity contribution in [1.29, 1.82) is 0 Å². The predicted octanol–water partition coefficient (Wildman–Crippen LogP) is 2.72. The average molecular weight is 240 g/mol. The maximum atomic E-state index is 11.0. The minimum atomic E-state index is -0.364. The zero-order valence-electron chi connectivity index (χ0n) is 10.7. The number of hydrogen-bond donors (Lipinski definition) is 1. The summed E-state index contributed by atoms with van der Waals surface area (Å²) in [5.41, 5.74) is 0.568. The van der Waals surface area contributed by atoms with Gasteiger partial charge in [0.2, 0.25) is 5.82 Å². The molecule has 0 atom stereocenters. The smallest absolute Gasteiger partial charge is 0.333 e. The first kappa shape index (κ1) is 13.5. The normalized spacial score (nSPS) is 10.5. The molecule has 0 aliphatic carbocycles. The van der Waals surface area contributed by atoms with Crippen LogP contribution in [0.4, 0.5) is 11.5 Å². The van der Waals surface area contributed by atoms with Crippen LogP contribution < -0.4 is 5.32 Å². The molecule has 1 aromatic heterocycles. The molecule has 6 nitrogen and oxygen atoms in total. The Morgan fingerprint density at radius 1 is 1.41 bits per heavy atom. The summed E-state index contributed by atoms with van der Waals surface area (Å²) in [4.78, 5) is 10.6. The van der Waals surface area contributed by atoms with Crippen molar-refractivity contribution in [2.75, 3.05) is 11.9 Å². The quantitative estimate of drug-likeness (QED) is 0.452. The van der Waals surface area contributed by atoms with Crippen LogP contribution in [0.15, 0.2) is 0 Å². The zero-order valence-corrected chi connectivity index (χ0v) is 10.7. The molecule has 0 saturated heterocycles. The van der Waals surface area contributed by atoms with Gasteiger partial charge >= 0.3 is 5.69 Å². The number of aryl methyl sites for hydroxylation is 2. The minimum absolute atomic E-state index is 0.100. The van der Waals surface area contributed by atoms with Crippen molar-refractivity contribution in [3.05, 3.63) is 15.8 Å². The van der Waals surface area contributed by atoms with Gasteiger partial charge in [0.1, 0.15) is 5.69 Å². The van der Waals surface area contributed by atoms with Crippen LogP contribution in [0.2, 0.25) is 0 Å². The van der Waals surface area contributed by atoms with E-state index in [0.717, 1.165) is 25.8 Å². The average Bonchev–Trinajstić information content (AvgIpc) is 2.61. The molecular formula is C11H20N4O2. The van der Waals surface area contributed by atoms with Gasteiger partial charge in [-0.15, -0.1) is 0 Å². The van der Waals surface area contributed by atoms with E-state index in [9.17, 15) is 10.1 Å². The van der Waals surface area contributed by atoms with Gasteiger partial charge in [0.05, 0.1) is 4.92 Å². The molecule has 1 aromatic rings. The maximum Gasteiger partial charge on any atom is 0.333 e. The lowest BCUT2D eigenvalue weighted by molar-refractivity contribution is -0.384. The first-order valence-corrected chi connectivity index (χ1v) is 6.07. The standard InChI is InChI=1S/C11H20N4O2/c1-4-6-7-8-12-11-10(15(16)17)9(3)13-14(11)5-2/h12H,4-8H2,1-3H3. The molecule has 0 saturated carbocycles. The summed E-state index contributed by atoms with van der Waals surface area (Å²) >= 11 is 0. The molecule has 0 unspecified atom stereocenters. The third-order valence-electron chi connectivity index (χ3n) is 2.65. The van der Waals surface area contributed by atoms with Gasteiger partial charge in [0.25, 0.3) is 0 Å². The van der Waals surface area contributed by atoms with Crippen molar-refractivity contribution in [3.63, 3.8) is 0 Å². The number of rotatable bonds is 7. The van der Waals surface area contributed by atoms with Crippen molar-refractivity contribution in [2.45, 2.75) is 46.6 Å².